The van der Waals surface area contributed by atoms with Crippen molar-refractivity contribution in [3.63, 3.8) is 0 Å². The maximum atomic E-state index is 3.55. The molecule has 2 N–H and O–H groups in total. The first kappa shape index (κ1) is 9.81. The molecule has 13 heavy (non-hydrogen) atoms. The van der Waals surface area contributed by atoms with Crippen LogP contribution in [0, 0.1) is 5.92 Å². The van der Waals surface area contributed by atoms with E-state index < -0.39 is 0 Å². The van der Waals surface area contributed by atoms with Gasteiger partial charge in [-0.15, -0.1) is 0 Å². The van der Waals surface area contributed by atoms with Gasteiger partial charge in [0.15, 0.2) is 0 Å². The van der Waals surface area contributed by atoms with Crippen molar-refractivity contribution < 1.29 is 0 Å². The molecule has 0 aliphatic carbocycles. The summed E-state index contributed by atoms with van der Waals surface area (Å²) < 4.78 is 0. The fourth-order valence-electron chi connectivity index (χ4n) is 2.25. The van der Waals surface area contributed by atoms with Crippen LogP contribution < -0.4 is 10.6 Å². The van der Waals surface area contributed by atoms with Crippen molar-refractivity contribution in [3.8, 4) is 0 Å². The van der Waals surface area contributed by atoms with Crippen LogP contribution in [-0.2, 0) is 0 Å². The molecule has 2 nitrogen and oxygen atoms in total. The van der Waals surface area contributed by atoms with Crippen LogP contribution >= 0.6 is 11.8 Å². The lowest BCUT2D eigenvalue weighted by Crippen LogP contribution is -2.40. The van der Waals surface area contributed by atoms with Gasteiger partial charge in [0.05, 0.1) is 0 Å². The summed E-state index contributed by atoms with van der Waals surface area (Å²) in [5.74, 6) is 2.22. The maximum absolute atomic E-state index is 3.55. The molecule has 0 amide bonds. The van der Waals surface area contributed by atoms with Gasteiger partial charge in [-0.1, -0.05) is 6.42 Å². The van der Waals surface area contributed by atoms with Crippen LogP contribution in [0.2, 0.25) is 0 Å². The summed E-state index contributed by atoms with van der Waals surface area (Å²) in [7, 11) is 0. The summed E-state index contributed by atoms with van der Waals surface area (Å²) in [6.45, 7) is 4.93. The van der Waals surface area contributed by atoms with E-state index in [4.69, 9.17) is 0 Å². The summed E-state index contributed by atoms with van der Waals surface area (Å²) in [4.78, 5) is 0. The topological polar surface area (TPSA) is 24.1 Å². The van der Waals surface area contributed by atoms with E-state index in [1.807, 2.05) is 0 Å². The molecule has 0 bridgehead atoms. The third-order valence-corrected chi connectivity index (χ3v) is 4.49. The molecule has 2 aliphatic rings. The minimum Gasteiger partial charge on any atom is -0.316 e. The van der Waals surface area contributed by atoms with Crippen LogP contribution in [-0.4, -0.2) is 37.2 Å². The van der Waals surface area contributed by atoms with Gasteiger partial charge in [0, 0.05) is 24.1 Å². The molecule has 0 aromatic rings. The summed E-state index contributed by atoms with van der Waals surface area (Å²) in [6.07, 6.45) is 4.24. The molecule has 2 unspecified atom stereocenters. The lowest BCUT2D eigenvalue weighted by atomic mass is 9.99. The molecule has 0 saturated carbocycles. The minimum atomic E-state index is 0.874. The van der Waals surface area contributed by atoms with Gasteiger partial charge in [-0.2, -0.15) is 11.8 Å². The van der Waals surface area contributed by atoms with Crippen LogP contribution in [0.3, 0.4) is 0 Å². The van der Waals surface area contributed by atoms with Gasteiger partial charge in [0.25, 0.3) is 0 Å². The SMILES string of the molecule is C1CCC(C2CNCCS2)CNC1. The number of hydrogen-bond donors (Lipinski definition) is 2. The highest BCUT2D eigenvalue weighted by atomic mass is 32.2. The average molecular weight is 200 g/mol. The zero-order valence-electron chi connectivity index (χ0n) is 8.22. The Hall–Kier alpha value is 0.270. The summed E-state index contributed by atoms with van der Waals surface area (Å²) in [5, 5.41) is 7.93. The zero-order valence-corrected chi connectivity index (χ0v) is 9.04. The first-order chi connectivity index (χ1) is 6.47. The van der Waals surface area contributed by atoms with Crippen LogP contribution in [0.25, 0.3) is 0 Å². The van der Waals surface area contributed by atoms with Crippen molar-refractivity contribution in [2.45, 2.75) is 24.5 Å². The van der Waals surface area contributed by atoms with Gasteiger partial charge in [0.2, 0.25) is 0 Å². The monoisotopic (exact) mass is 200 g/mol. The molecule has 2 rings (SSSR count). The van der Waals surface area contributed by atoms with E-state index >= 15 is 0 Å². The highest BCUT2D eigenvalue weighted by molar-refractivity contribution is 8.00. The smallest absolute Gasteiger partial charge is 0.0213 e. The Labute approximate surface area is 85.2 Å². The molecule has 2 fully saturated rings. The van der Waals surface area contributed by atoms with E-state index in [1.54, 1.807) is 0 Å². The molecule has 2 saturated heterocycles. The Bertz CT molecular complexity index is 138. The van der Waals surface area contributed by atoms with E-state index in [9.17, 15) is 0 Å². The Balaban J connectivity index is 1.82. The second-order valence-electron chi connectivity index (χ2n) is 4.07. The van der Waals surface area contributed by atoms with Gasteiger partial charge in [-0.05, 0) is 31.8 Å². The normalized spacial score (nSPS) is 36.9. The third kappa shape index (κ3) is 2.86. The van der Waals surface area contributed by atoms with Crippen LogP contribution in [0.5, 0.6) is 0 Å². The highest BCUT2D eigenvalue weighted by Crippen LogP contribution is 2.26. The maximum Gasteiger partial charge on any atom is 0.0213 e. The van der Waals surface area contributed by atoms with Gasteiger partial charge in [0.1, 0.15) is 0 Å². The van der Waals surface area contributed by atoms with Crippen molar-refractivity contribution >= 4 is 11.8 Å². The van der Waals surface area contributed by atoms with E-state index in [2.05, 4.69) is 22.4 Å². The first-order valence-electron chi connectivity index (χ1n) is 5.50. The van der Waals surface area contributed by atoms with Crippen molar-refractivity contribution in [1.82, 2.24) is 10.6 Å². The predicted octanol–water partition coefficient (Wildman–Crippen LogP) is 1.08. The van der Waals surface area contributed by atoms with Crippen molar-refractivity contribution in [2.24, 2.45) is 5.92 Å². The Morgan fingerprint density at radius 3 is 2.77 bits per heavy atom. The van der Waals surface area contributed by atoms with Gasteiger partial charge >= 0.3 is 0 Å². The Kier molecular flexibility index (Phi) is 3.94. The molecule has 0 aromatic heterocycles. The lowest BCUT2D eigenvalue weighted by Gasteiger charge is -2.29. The molecule has 2 aliphatic heterocycles. The molecule has 2 atom stereocenters. The zero-order chi connectivity index (χ0) is 8.93. The standard InChI is InChI=1S/C10H20N2S/c1-2-4-11-7-9(3-1)10-8-12-5-6-13-10/h9-12H,1-8H2. The summed E-state index contributed by atoms with van der Waals surface area (Å²) >= 11 is 2.18. The van der Waals surface area contributed by atoms with Crippen molar-refractivity contribution in [3.05, 3.63) is 0 Å². The summed E-state index contributed by atoms with van der Waals surface area (Å²) in [6, 6.07) is 0. The fourth-order valence-corrected chi connectivity index (χ4v) is 3.56. The summed E-state index contributed by atoms with van der Waals surface area (Å²) in [5.41, 5.74) is 0. The molecule has 2 heterocycles. The van der Waals surface area contributed by atoms with Crippen LogP contribution in [0.15, 0.2) is 0 Å². The molecule has 0 aromatic carbocycles. The predicted molar refractivity (Wildman–Crippen MR) is 59.3 cm³/mol. The highest BCUT2D eigenvalue weighted by Gasteiger charge is 2.24. The molecule has 0 radical (unpaired) electrons. The quantitative estimate of drug-likeness (QED) is 0.662. The van der Waals surface area contributed by atoms with Gasteiger partial charge in [-0.25, -0.2) is 0 Å². The molecular weight excluding hydrogens is 180 g/mol. The Morgan fingerprint density at radius 1 is 1.00 bits per heavy atom. The molecular formula is C10H20N2S. The fraction of sp³-hybridized carbons (Fsp3) is 1.00. The molecule has 3 heteroatoms. The number of hydrogen-bond acceptors (Lipinski definition) is 3. The number of thioether (sulfide) groups is 1. The van der Waals surface area contributed by atoms with Crippen molar-refractivity contribution in [1.29, 1.82) is 0 Å². The second kappa shape index (κ2) is 5.23. The van der Waals surface area contributed by atoms with Crippen molar-refractivity contribution in [2.75, 3.05) is 31.9 Å². The van der Waals surface area contributed by atoms with E-state index in [1.165, 1.54) is 51.2 Å². The molecule has 0 spiro atoms. The lowest BCUT2D eigenvalue weighted by molar-refractivity contribution is 0.440. The van der Waals surface area contributed by atoms with Crippen LogP contribution in [0.4, 0.5) is 0 Å². The average Bonchev–Trinajstić information content (AvgIpc) is 2.47. The van der Waals surface area contributed by atoms with Gasteiger partial charge in [-0.3, -0.25) is 0 Å². The first-order valence-corrected chi connectivity index (χ1v) is 6.55. The number of nitrogens with one attached hydrogen (secondary N) is 2. The molecule has 76 valence electrons. The number of rotatable bonds is 1. The van der Waals surface area contributed by atoms with E-state index in [-0.39, 0.29) is 0 Å². The van der Waals surface area contributed by atoms with Crippen LogP contribution in [0.1, 0.15) is 19.3 Å². The van der Waals surface area contributed by atoms with E-state index in [0.29, 0.717) is 0 Å². The third-order valence-electron chi connectivity index (χ3n) is 3.07. The van der Waals surface area contributed by atoms with E-state index in [0.717, 1.165) is 11.2 Å². The van der Waals surface area contributed by atoms with Gasteiger partial charge < -0.3 is 10.6 Å². The minimum absolute atomic E-state index is 0.874. The largest absolute Gasteiger partial charge is 0.316 e. The second-order valence-corrected chi connectivity index (χ2v) is 5.42. The Morgan fingerprint density at radius 2 is 1.92 bits per heavy atom.